The van der Waals surface area contributed by atoms with E-state index in [1.54, 1.807) is 5.38 Å². The largest absolute Gasteiger partial charge is 0.346 e. The van der Waals surface area contributed by atoms with Crippen molar-refractivity contribution < 1.29 is 13.2 Å². The molecule has 0 fully saturated rings. The second kappa shape index (κ2) is 7.67. The number of hydrogen-bond donors (Lipinski definition) is 2. The molecule has 134 valence electrons. The minimum atomic E-state index is -3.73. The fourth-order valence-corrected chi connectivity index (χ4v) is 4.13. The smallest absolute Gasteiger partial charge is 0.263 e. The molecule has 26 heavy (non-hydrogen) atoms. The standard InChI is InChI=1S/C18H17N3O3S2/c1-13(14-5-3-2-4-6-14)20-17(22)15-7-9-16(10-8-15)26(23,24)21-18-19-11-12-25-18/h2-13H,1H3,(H,19,21)(H,20,22)/t13-/m0/s1. The minimum absolute atomic E-state index is 0.0698. The van der Waals surface area contributed by atoms with E-state index in [0.717, 1.165) is 5.56 Å². The Labute approximate surface area is 156 Å². The Hall–Kier alpha value is -2.71. The van der Waals surface area contributed by atoms with Crippen molar-refractivity contribution in [2.45, 2.75) is 17.9 Å². The molecule has 0 aliphatic rings. The van der Waals surface area contributed by atoms with Crippen molar-refractivity contribution in [2.24, 2.45) is 0 Å². The number of amides is 1. The lowest BCUT2D eigenvalue weighted by Crippen LogP contribution is -2.26. The zero-order valence-electron chi connectivity index (χ0n) is 13.9. The number of aromatic nitrogens is 1. The summed E-state index contributed by atoms with van der Waals surface area (Å²) >= 11 is 1.19. The van der Waals surface area contributed by atoms with Crippen molar-refractivity contribution in [3.63, 3.8) is 0 Å². The van der Waals surface area contributed by atoms with Crippen LogP contribution in [0.5, 0.6) is 0 Å². The average molecular weight is 387 g/mol. The lowest BCUT2D eigenvalue weighted by molar-refractivity contribution is 0.0940. The van der Waals surface area contributed by atoms with Crippen LogP contribution < -0.4 is 10.0 Å². The monoisotopic (exact) mass is 387 g/mol. The van der Waals surface area contributed by atoms with Crippen LogP contribution in [0.4, 0.5) is 5.13 Å². The number of hydrogen-bond acceptors (Lipinski definition) is 5. The maximum absolute atomic E-state index is 12.4. The Balaban J connectivity index is 1.70. The van der Waals surface area contributed by atoms with Gasteiger partial charge in [-0.15, -0.1) is 11.3 Å². The molecule has 1 amide bonds. The first-order valence-corrected chi connectivity index (χ1v) is 10.2. The fourth-order valence-electron chi connectivity index (χ4n) is 2.34. The van der Waals surface area contributed by atoms with Gasteiger partial charge in [0.1, 0.15) is 0 Å². The molecular weight excluding hydrogens is 370 g/mol. The van der Waals surface area contributed by atoms with Gasteiger partial charge in [0.25, 0.3) is 15.9 Å². The molecule has 8 heteroatoms. The van der Waals surface area contributed by atoms with Crippen LogP contribution in [0.15, 0.2) is 71.1 Å². The van der Waals surface area contributed by atoms with Crippen LogP contribution in [-0.4, -0.2) is 19.3 Å². The lowest BCUT2D eigenvalue weighted by atomic mass is 10.1. The molecule has 3 rings (SSSR count). The topological polar surface area (TPSA) is 88.2 Å². The molecule has 6 nitrogen and oxygen atoms in total. The first-order valence-electron chi connectivity index (χ1n) is 7.84. The maximum Gasteiger partial charge on any atom is 0.263 e. The summed E-state index contributed by atoms with van der Waals surface area (Å²) in [5.74, 6) is -0.266. The number of nitrogens with zero attached hydrogens (tertiary/aromatic N) is 1. The summed E-state index contributed by atoms with van der Waals surface area (Å²) in [7, 11) is -3.73. The van der Waals surface area contributed by atoms with Crippen LogP contribution in [0.3, 0.4) is 0 Å². The minimum Gasteiger partial charge on any atom is -0.346 e. The molecule has 0 spiro atoms. The normalized spacial score (nSPS) is 12.3. The summed E-state index contributed by atoms with van der Waals surface area (Å²) in [5, 5.41) is 4.87. The summed E-state index contributed by atoms with van der Waals surface area (Å²) in [6.07, 6.45) is 1.52. The molecule has 1 heterocycles. The van der Waals surface area contributed by atoms with Crippen LogP contribution >= 0.6 is 11.3 Å². The number of rotatable bonds is 6. The van der Waals surface area contributed by atoms with Crippen LogP contribution in [0, 0.1) is 0 Å². The van der Waals surface area contributed by atoms with Crippen LogP contribution in [-0.2, 0) is 10.0 Å². The molecule has 0 radical (unpaired) electrons. The van der Waals surface area contributed by atoms with Crippen LogP contribution in [0.25, 0.3) is 0 Å². The van der Waals surface area contributed by atoms with Gasteiger partial charge in [-0.3, -0.25) is 9.52 Å². The second-order valence-corrected chi connectivity index (χ2v) is 8.15. The van der Waals surface area contributed by atoms with E-state index in [4.69, 9.17) is 0 Å². The van der Waals surface area contributed by atoms with Gasteiger partial charge in [0.2, 0.25) is 0 Å². The van der Waals surface area contributed by atoms with Crippen molar-refractivity contribution in [3.05, 3.63) is 77.3 Å². The first-order chi connectivity index (χ1) is 12.5. The van der Waals surface area contributed by atoms with Gasteiger partial charge in [0.05, 0.1) is 10.9 Å². The zero-order chi connectivity index (χ0) is 18.6. The number of anilines is 1. The van der Waals surface area contributed by atoms with Crippen molar-refractivity contribution in [3.8, 4) is 0 Å². The number of carbonyl (C=O) groups is 1. The first kappa shape index (κ1) is 18.1. The highest BCUT2D eigenvalue weighted by Crippen LogP contribution is 2.19. The molecular formula is C18H17N3O3S2. The number of nitrogens with one attached hydrogen (secondary N) is 2. The second-order valence-electron chi connectivity index (χ2n) is 5.57. The van der Waals surface area contributed by atoms with E-state index in [9.17, 15) is 13.2 Å². The maximum atomic E-state index is 12.4. The Morgan fingerprint density at radius 3 is 2.38 bits per heavy atom. The molecule has 0 saturated carbocycles. The molecule has 3 aromatic rings. The van der Waals surface area contributed by atoms with E-state index in [0.29, 0.717) is 10.7 Å². The third kappa shape index (κ3) is 4.27. The van der Waals surface area contributed by atoms with E-state index in [1.165, 1.54) is 41.8 Å². The van der Waals surface area contributed by atoms with Gasteiger partial charge in [-0.25, -0.2) is 13.4 Å². The fraction of sp³-hybridized carbons (Fsp3) is 0.111. The van der Waals surface area contributed by atoms with Crippen molar-refractivity contribution in [2.75, 3.05) is 4.72 Å². The van der Waals surface area contributed by atoms with Crippen LogP contribution in [0.2, 0.25) is 0 Å². The predicted molar refractivity (Wildman–Crippen MR) is 102 cm³/mol. The Kier molecular flexibility index (Phi) is 5.34. The summed E-state index contributed by atoms with van der Waals surface area (Å²) in [4.78, 5) is 16.3. The van der Waals surface area contributed by atoms with Crippen molar-refractivity contribution in [1.29, 1.82) is 0 Å². The average Bonchev–Trinajstić information content (AvgIpc) is 3.14. The summed E-state index contributed by atoms with van der Waals surface area (Å²) in [6, 6.07) is 15.2. The Bertz CT molecular complexity index is 970. The Morgan fingerprint density at radius 2 is 1.77 bits per heavy atom. The third-order valence-corrected chi connectivity index (χ3v) is 5.90. The van der Waals surface area contributed by atoms with Crippen LogP contribution in [0.1, 0.15) is 28.9 Å². The number of sulfonamides is 1. The van der Waals surface area contributed by atoms with Gasteiger partial charge in [-0.05, 0) is 36.8 Å². The molecule has 0 unspecified atom stereocenters. The SMILES string of the molecule is C[C@H](NC(=O)c1ccc(S(=O)(=O)Nc2nccs2)cc1)c1ccccc1. The van der Waals surface area contributed by atoms with Gasteiger partial charge in [-0.1, -0.05) is 30.3 Å². The highest BCUT2D eigenvalue weighted by molar-refractivity contribution is 7.93. The van der Waals surface area contributed by atoms with E-state index >= 15 is 0 Å². The summed E-state index contributed by atoms with van der Waals surface area (Å²) < 4.78 is 27.0. The number of thiazole rings is 1. The third-order valence-electron chi connectivity index (χ3n) is 3.73. The van der Waals surface area contributed by atoms with Crippen molar-refractivity contribution in [1.82, 2.24) is 10.3 Å². The molecule has 0 aliphatic carbocycles. The molecule has 2 N–H and O–H groups in total. The van der Waals surface area contributed by atoms with Crippen molar-refractivity contribution >= 4 is 32.4 Å². The quantitative estimate of drug-likeness (QED) is 0.678. The molecule has 1 atom stereocenters. The van der Waals surface area contributed by atoms with E-state index in [-0.39, 0.29) is 16.8 Å². The molecule has 0 saturated heterocycles. The van der Waals surface area contributed by atoms with Gasteiger partial charge in [0, 0.05) is 17.1 Å². The van der Waals surface area contributed by atoms with Gasteiger partial charge >= 0.3 is 0 Å². The Morgan fingerprint density at radius 1 is 1.08 bits per heavy atom. The van der Waals surface area contributed by atoms with E-state index in [2.05, 4.69) is 15.0 Å². The summed E-state index contributed by atoms with van der Waals surface area (Å²) in [5.41, 5.74) is 1.38. The molecule has 2 aromatic carbocycles. The highest BCUT2D eigenvalue weighted by Gasteiger charge is 2.17. The van der Waals surface area contributed by atoms with Gasteiger partial charge in [0.15, 0.2) is 5.13 Å². The molecule has 0 bridgehead atoms. The number of benzene rings is 2. The predicted octanol–water partition coefficient (Wildman–Crippen LogP) is 3.43. The molecule has 0 aliphatic heterocycles. The summed E-state index contributed by atoms with van der Waals surface area (Å²) in [6.45, 7) is 1.89. The zero-order valence-corrected chi connectivity index (χ0v) is 15.5. The molecule has 1 aromatic heterocycles. The van der Waals surface area contributed by atoms with E-state index in [1.807, 2.05) is 37.3 Å². The highest BCUT2D eigenvalue weighted by atomic mass is 32.2. The number of carbonyl (C=O) groups excluding carboxylic acids is 1. The van der Waals surface area contributed by atoms with Gasteiger partial charge < -0.3 is 5.32 Å². The lowest BCUT2D eigenvalue weighted by Gasteiger charge is -2.14. The van der Waals surface area contributed by atoms with E-state index < -0.39 is 10.0 Å². The van der Waals surface area contributed by atoms with Gasteiger partial charge in [-0.2, -0.15) is 0 Å².